The standard InChI is InChI=1S/C23H24ClFN4O/c24-19-7-6-17(13-18(19)22-26-20-8-5-16(25)12-21(20)27-22)29-11-3-4-15(14-29)23(30)28-9-1-2-10-28/h5-8,12-13,15H,1-4,9-11,14H2,(H,26,27)/t15-/m0/s1. The first-order valence-electron chi connectivity index (χ1n) is 10.6. The Morgan fingerprint density at radius 2 is 1.93 bits per heavy atom. The van der Waals surface area contributed by atoms with Crippen LogP contribution in [0.4, 0.5) is 10.1 Å². The van der Waals surface area contributed by atoms with Gasteiger partial charge < -0.3 is 14.8 Å². The van der Waals surface area contributed by atoms with Crippen LogP contribution in [0.15, 0.2) is 36.4 Å². The first kappa shape index (κ1) is 19.4. The number of fused-ring (bicyclic) bond motifs is 1. The molecule has 0 unspecified atom stereocenters. The minimum atomic E-state index is -0.306. The number of halogens is 2. The maximum absolute atomic E-state index is 13.5. The van der Waals surface area contributed by atoms with Gasteiger partial charge in [0.1, 0.15) is 11.6 Å². The molecular formula is C23H24ClFN4O. The Labute approximate surface area is 179 Å². The fraction of sp³-hybridized carbons (Fsp3) is 0.391. The minimum absolute atomic E-state index is 0.0464. The lowest BCUT2D eigenvalue weighted by Gasteiger charge is -2.35. The van der Waals surface area contributed by atoms with E-state index in [0.717, 1.165) is 63.1 Å². The molecule has 1 aromatic heterocycles. The second-order valence-corrected chi connectivity index (χ2v) is 8.64. The Balaban J connectivity index is 1.41. The van der Waals surface area contributed by atoms with Crippen LogP contribution in [0, 0.1) is 11.7 Å². The lowest BCUT2D eigenvalue weighted by molar-refractivity contribution is -0.134. The molecule has 0 bridgehead atoms. The zero-order chi connectivity index (χ0) is 20.7. The molecule has 5 nitrogen and oxygen atoms in total. The predicted molar refractivity (Wildman–Crippen MR) is 117 cm³/mol. The molecule has 7 heteroatoms. The molecule has 2 aromatic carbocycles. The van der Waals surface area contributed by atoms with E-state index in [-0.39, 0.29) is 11.7 Å². The third-order valence-corrected chi connectivity index (χ3v) is 6.53. The highest BCUT2D eigenvalue weighted by Gasteiger charge is 2.30. The van der Waals surface area contributed by atoms with E-state index in [1.807, 2.05) is 23.1 Å². The van der Waals surface area contributed by atoms with Gasteiger partial charge in [0.15, 0.2) is 0 Å². The number of hydrogen-bond acceptors (Lipinski definition) is 3. The lowest BCUT2D eigenvalue weighted by Crippen LogP contribution is -2.44. The normalized spacial score (nSPS) is 19.6. The average Bonchev–Trinajstić information content (AvgIpc) is 3.43. The molecule has 0 spiro atoms. The summed E-state index contributed by atoms with van der Waals surface area (Å²) < 4.78 is 13.5. The predicted octanol–water partition coefficient (Wildman–Crippen LogP) is 4.86. The van der Waals surface area contributed by atoms with Crippen molar-refractivity contribution < 1.29 is 9.18 Å². The van der Waals surface area contributed by atoms with Gasteiger partial charge in [-0.05, 0) is 62.1 Å². The van der Waals surface area contributed by atoms with E-state index in [4.69, 9.17) is 11.6 Å². The molecule has 1 amide bonds. The van der Waals surface area contributed by atoms with Gasteiger partial charge in [0, 0.05) is 37.4 Å². The van der Waals surface area contributed by atoms with Gasteiger partial charge in [-0.25, -0.2) is 9.37 Å². The number of piperidine rings is 1. The van der Waals surface area contributed by atoms with Crippen molar-refractivity contribution >= 4 is 34.2 Å². The van der Waals surface area contributed by atoms with Crippen molar-refractivity contribution in [2.24, 2.45) is 5.92 Å². The molecule has 0 aliphatic carbocycles. The topological polar surface area (TPSA) is 52.2 Å². The first-order valence-corrected chi connectivity index (χ1v) is 11.0. The fourth-order valence-corrected chi connectivity index (χ4v) is 4.82. The number of nitrogens with one attached hydrogen (secondary N) is 1. The summed E-state index contributed by atoms with van der Waals surface area (Å²) in [5.41, 5.74) is 3.14. The first-order chi connectivity index (χ1) is 14.6. The number of benzene rings is 2. The van der Waals surface area contributed by atoms with Crippen LogP contribution in [0.2, 0.25) is 5.02 Å². The van der Waals surface area contributed by atoms with Gasteiger partial charge in [0.2, 0.25) is 5.91 Å². The van der Waals surface area contributed by atoms with E-state index in [1.54, 1.807) is 6.07 Å². The van der Waals surface area contributed by atoms with E-state index in [0.29, 0.717) is 27.8 Å². The molecule has 0 saturated carbocycles. The van der Waals surface area contributed by atoms with Crippen molar-refractivity contribution in [3.05, 3.63) is 47.2 Å². The van der Waals surface area contributed by atoms with Crippen LogP contribution in [0.25, 0.3) is 22.4 Å². The molecule has 1 atom stereocenters. The van der Waals surface area contributed by atoms with Crippen molar-refractivity contribution in [2.75, 3.05) is 31.1 Å². The molecule has 5 rings (SSSR count). The van der Waals surface area contributed by atoms with Crippen molar-refractivity contribution in [3.63, 3.8) is 0 Å². The average molecular weight is 427 g/mol. The largest absolute Gasteiger partial charge is 0.371 e. The number of hydrogen-bond donors (Lipinski definition) is 1. The monoisotopic (exact) mass is 426 g/mol. The van der Waals surface area contributed by atoms with E-state index >= 15 is 0 Å². The van der Waals surface area contributed by atoms with Gasteiger partial charge in [-0.15, -0.1) is 0 Å². The third-order valence-electron chi connectivity index (χ3n) is 6.20. The Hall–Kier alpha value is -2.60. The van der Waals surface area contributed by atoms with Gasteiger partial charge in [0.25, 0.3) is 0 Å². The number of H-pyrrole nitrogens is 1. The summed E-state index contributed by atoms with van der Waals surface area (Å²) in [6, 6.07) is 10.4. The Kier molecular flexibility index (Phi) is 5.11. The van der Waals surface area contributed by atoms with Crippen LogP contribution in [-0.4, -0.2) is 47.0 Å². The smallest absolute Gasteiger partial charge is 0.227 e. The van der Waals surface area contributed by atoms with Gasteiger partial charge in [0.05, 0.1) is 22.0 Å². The van der Waals surface area contributed by atoms with Crippen LogP contribution in [0.5, 0.6) is 0 Å². The van der Waals surface area contributed by atoms with Gasteiger partial charge in [-0.1, -0.05) is 11.6 Å². The number of imidazole rings is 1. The third kappa shape index (κ3) is 3.65. The summed E-state index contributed by atoms with van der Waals surface area (Å²) in [4.78, 5) is 24.9. The molecule has 3 heterocycles. The maximum Gasteiger partial charge on any atom is 0.227 e. The van der Waals surface area contributed by atoms with Crippen molar-refractivity contribution in [2.45, 2.75) is 25.7 Å². The number of likely N-dealkylation sites (tertiary alicyclic amines) is 1. The van der Waals surface area contributed by atoms with Gasteiger partial charge in [-0.3, -0.25) is 4.79 Å². The van der Waals surface area contributed by atoms with Crippen molar-refractivity contribution in [3.8, 4) is 11.4 Å². The van der Waals surface area contributed by atoms with Crippen LogP contribution < -0.4 is 4.90 Å². The summed E-state index contributed by atoms with van der Waals surface area (Å²) in [5.74, 6) is 0.652. The molecule has 1 N–H and O–H groups in total. The molecule has 2 aliphatic rings. The number of amides is 1. The zero-order valence-electron chi connectivity index (χ0n) is 16.7. The molecule has 0 radical (unpaired) electrons. The molecule has 3 aromatic rings. The Morgan fingerprint density at radius 1 is 1.10 bits per heavy atom. The quantitative estimate of drug-likeness (QED) is 0.650. The number of anilines is 1. The highest BCUT2D eigenvalue weighted by Crippen LogP contribution is 2.33. The summed E-state index contributed by atoms with van der Waals surface area (Å²) >= 11 is 6.48. The number of aromatic amines is 1. The molecular weight excluding hydrogens is 403 g/mol. The molecule has 30 heavy (non-hydrogen) atoms. The highest BCUT2D eigenvalue weighted by molar-refractivity contribution is 6.33. The van der Waals surface area contributed by atoms with Crippen LogP contribution in [-0.2, 0) is 4.79 Å². The molecule has 2 fully saturated rings. The fourth-order valence-electron chi connectivity index (χ4n) is 4.61. The highest BCUT2D eigenvalue weighted by atomic mass is 35.5. The Bertz CT molecular complexity index is 1090. The number of carbonyl (C=O) groups is 1. The molecule has 2 saturated heterocycles. The van der Waals surface area contributed by atoms with E-state index in [9.17, 15) is 9.18 Å². The lowest BCUT2D eigenvalue weighted by atomic mass is 9.96. The van der Waals surface area contributed by atoms with E-state index in [2.05, 4.69) is 14.9 Å². The summed E-state index contributed by atoms with van der Waals surface area (Å²) in [6.45, 7) is 3.43. The van der Waals surface area contributed by atoms with Crippen LogP contribution >= 0.6 is 11.6 Å². The second kappa shape index (κ2) is 7.91. The zero-order valence-corrected chi connectivity index (χ0v) is 17.5. The van der Waals surface area contributed by atoms with E-state index < -0.39 is 0 Å². The maximum atomic E-state index is 13.5. The Morgan fingerprint density at radius 3 is 2.77 bits per heavy atom. The van der Waals surface area contributed by atoms with Gasteiger partial charge in [-0.2, -0.15) is 0 Å². The van der Waals surface area contributed by atoms with Crippen LogP contribution in [0.1, 0.15) is 25.7 Å². The molecule has 2 aliphatic heterocycles. The second-order valence-electron chi connectivity index (χ2n) is 8.23. The number of rotatable bonds is 3. The van der Waals surface area contributed by atoms with Crippen molar-refractivity contribution in [1.82, 2.24) is 14.9 Å². The summed E-state index contributed by atoms with van der Waals surface area (Å²) in [5, 5.41) is 0.583. The summed E-state index contributed by atoms with van der Waals surface area (Å²) in [7, 11) is 0. The summed E-state index contributed by atoms with van der Waals surface area (Å²) in [6.07, 6.45) is 4.17. The van der Waals surface area contributed by atoms with Crippen molar-refractivity contribution in [1.29, 1.82) is 0 Å². The number of aromatic nitrogens is 2. The molecule has 156 valence electrons. The van der Waals surface area contributed by atoms with Gasteiger partial charge >= 0.3 is 0 Å². The minimum Gasteiger partial charge on any atom is -0.371 e. The SMILES string of the molecule is O=C([C@H]1CCCN(c2ccc(Cl)c(-c3nc4ccc(F)cc4[nH]3)c2)C1)N1CCCC1. The van der Waals surface area contributed by atoms with Crippen LogP contribution in [0.3, 0.4) is 0 Å². The van der Waals surface area contributed by atoms with E-state index in [1.165, 1.54) is 12.1 Å². The number of carbonyl (C=O) groups excluding carboxylic acids is 1. The number of nitrogens with zero attached hydrogens (tertiary/aromatic N) is 3.